The first-order valence-corrected chi connectivity index (χ1v) is 9.61. The molecule has 0 aliphatic heterocycles. The van der Waals surface area contributed by atoms with E-state index in [1.54, 1.807) is 24.3 Å². The molecule has 0 spiro atoms. The molecular formula is C23H27NO5. The summed E-state index contributed by atoms with van der Waals surface area (Å²) in [6.45, 7) is 5.75. The Balaban J connectivity index is 1.72. The van der Waals surface area contributed by atoms with Gasteiger partial charge in [0.05, 0.1) is 13.0 Å². The molecule has 29 heavy (non-hydrogen) atoms. The van der Waals surface area contributed by atoms with Crippen LogP contribution in [0.4, 0.5) is 5.69 Å². The number of hydrogen-bond donors (Lipinski definition) is 1. The number of Topliss-reactive ketones (excluding diaryl/α,β-unsaturated/α-hetero) is 1. The Morgan fingerprint density at radius 3 is 2.41 bits per heavy atom. The molecule has 0 atom stereocenters. The van der Waals surface area contributed by atoms with Gasteiger partial charge in [-0.25, -0.2) is 0 Å². The fourth-order valence-electron chi connectivity index (χ4n) is 2.58. The summed E-state index contributed by atoms with van der Waals surface area (Å²) in [5.41, 5.74) is 2.11. The van der Waals surface area contributed by atoms with Crippen LogP contribution in [0.1, 0.15) is 42.6 Å². The van der Waals surface area contributed by atoms with Crippen molar-refractivity contribution in [2.24, 2.45) is 5.92 Å². The maximum atomic E-state index is 12.2. The Morgan fingerprint density at radius 1 is 1.03 bits per heavy atom. The van der Waals surface area contributed by atoms with Gasteiger partial charge in [-0.05, 0) is 54.8 Å². The number of nitrogens with one attached hydrogen (secondary N) is 1. The van der Waals surface area contributed by atoms with Crippen LogP contribution in [-0.4, -0.2) is 30.9 Å². The van der Waals surface area contributed by atoms with Gasteiger partial charge in [-0.15, -0.1) is 0 Å². The molecule has 0 aromatic heterocycles. The summed E-state index contributed by atoms with van der Waals surface area (Å²) >= 11 is 0. The zero-order chi connectivity index (χ0) is 21.2. The van der Waals surface area contributed by atoms with Crippen LogP contribution < -0.4 is 10.1 Å². The van der Waals surface area contributed by atoms with Crippen LogP contribution in [0.5, 0.6) is 5.75 Å². The quantitative estimate of drug-likeness (QED) is 0.481. The van der Waals surface area contributed by atoms with E-state index in [0.29, 0.717) is 23.4 Å². The lowest BCUT2D eigenvalue weighted by Crippen LogP contribution is -2.16. The smallest absolute Gasteiger partial charge is 0.309 e. The van der Waals surface area contributed by atoms with Crippen molar-refractivity contribution in [1.29, 1.82) is 0 Å². The summed E-state index contributed by atoms with van der Waals surface area (Å²) < 4.78 is 10.5. The van der Waals surface area contributed by atoms with Crippen molar-refractivity contribution in [2.45, 2.75) is 33.6 Å². The van der Waals surface area contributed by atoms with Crippen molar-refractivity contribution < 1.29 is 23.9 Å². The summed E-state index contributed by atoms with van der Waals surface area (Å²) in [6, 6.07) is 14.0. The largest absolute Gasteiger partial charge is 0.493 e. The number of carbonyl (C=O) groups is 3. The lowest BCUT2D eigenvalue weighted by Gasteiger charge is -2.09. The molecular weight excluding hydrogens is 370 g/mol. The summed E-state index contributed by atoms with van der Waals surface area (Å²) in [4.78, 5) is 35.7. The number of esters is 1. The number of ketones is 1. The summed E-state index contributed by atoms with van der Waals surface area (Å²) in [6.07, 6.45) is 0.492. The number of amides is 1. The summed E-state index contributed by atoms with van der Waals surface area (Å²) in [7, 11) is 0. The van der Waals surface area contributed by atoms with E-state index in [1.807, 2.05) is 45.0 Å². The average Bonchev–Trinajstić information content (AvgIpc) is 2.66. The second kappa shape index (κ2) is 11.0. The molecule has 0 bridgehead atoms. The van der Waals surface area contributed by atoms with Gasteiger partial charge >= 0.3 is 5.97 Å². The van der Waals surface area contributed by atoms with Crippen LogP contribution in [0.15, 0.2) is 48.5 Å². The highest BCUT2D eigenvalue weighted by molar-refractivity contribution is 5.98. The number of carbonyl (C=O) groups excluding carboxylic acids is 3. The highest BCUT2D eigenvalue weighted by atomic mass is 16.5. The van der Waals surface area contributed by atoms with Crippen molar-refractivity contribution in [3.63, 3.8) is 0 Å². The minimum absolute atomic E-state index is 0.0576. The predicted molar refractivity (Wildman–Crippen MR) is 111 cm³/mol. The number of hydrogen-bond acceptors (Lipinski definition) is 5. The van der Waals surface area contributed by atoms with Gasteiger partial charge in [-0.3, -0.25) is 14.4 Å². The zero-order valence-corrected chi connectivity index (χ0v) is 17.1. The summed E-state index contributed by atoms with van der Waals surface area (Å²) in [5, 5.41) is 2.78. The maximum Gasteiger partial charge on any atom is 0.309 e. The number of anilines is 1. The molecule has 154 valence electrons. The number of ether oxygens (including phenoxy) is 2. The van der Waals surface area contributed by atoms with Gasteiger partial charge in [0.25, 0.3) is 0 Å². The molecule has 0 aliphatic carbocycles. The Kier molecular flexibility index (Phi) is 8.40. The Morgan fingerprint density at radius 2 is 1.76 bits per heavy atom. The lowest BCUT2D eigenvalue weighted by atomic mass is 10.1. The van der Waals surface area contributed by atoms with Crippen LogP contribution >= 0.6 is 0 Å². The minimum Gasteiger partial charge on any atom is -0.493 e. The van der Waals surface area contributed by atoms with E-state index in [9.17, 15) is 14.4 Å². The van der Waals surface area contributed by atoms with Gasteiger partial charge < -0.3 is 14.8 Å². The van der Waals surface area contributed by atoms with Gasteiger partial charge in [0.1, 0.15) is 5.75 Å². The molecule has 0 heterocycles. The first-order chi connectivity index (χ1) is 13.8. The van der Waals surface area contributed by atoms with Crippen molar-refractivity contribution in [3.8, 4) is 5.75 Å². The number of aryl methyl sites for hydroxylation is 1. The van der Waals surface area contributed by atoms with E-state index in [-0.39, 0.29) is 37.2 Å². The summed E-state index contributed by atoms with van der Waals surface area (Å²) in [5.74, 6) is 0.0877. The van der Waals surface area contributed by atoms with Crippen molar-refractivity contribution in [3.05, 3.63) is 59.7 Å². The monoisotopic (exact) mass is 397 g/mol. The highest BCUT2D eigenvalue weighted by Gasteiger charge is 2.11. The number of benzene rings is 2. The molecule has 6 heteroatoms. The molecule has 0 radical (unpaired) electrons. The normalized spacial score (nSPS) is 10.5. The number of rotatable bonds is 10. The first-order valence-electron chi connectivity index (χ1n) is 9.61. The topological polar surface area (TPSA) is 81.7 Å². The van der Waals surface area contributed by atoms with Gasteiger partial charge in [0.2, 0.25) is 5.91 Å². The average molecular weight is 397 g/mol. The van der Waals surface area contributed by atoms with Gasteiger partial charge in [-0.2, -0.15) is 0 Å². The lowest BCUT2D eigenvalue weighted by molar-refractivity contribution is -0.143. The third-order valence-electron chi connectivity index (χ3n) is 4.01. The van der Waals surface area contributed by atoms with Crippen LogP contribution in [0, 0.1) is 12.8 Å². The van der Waals surface area contributed by atoms with E-state index >= 15 is 0 Å². The molecule has 0 aliphatic rings. The van der Waals surface area contributed by atoms with E-state index in [4.69, 9.17) is 9.47 Å². The Labute approximate surface area is 171 Å². The van der Waals surface area contributed by atoms with Crippen LogP contribution in [0.3, 0.4) is 0 Å². The van der Waals surface area contributed by atoms with Crippen molar-refractivity contribution >= 4 is 23.3 Å². The fourth-order valence-corrected chi connectivity index (χ4v) is 2.58. The van der Waals surface area contributed by atoms with E-state index < -0.39 is 5.97 Å². The van der Waals surface area contributed by atoms with Crippen LogP contribution in [0.25, 0.3) is 0 Å². The van der Waals surface area contributed by atoms with E-state index in [0.717, 1.165) is 5.56 Å². The molecule has 0 fully saturated rings. The Bertz CT molecular complexity index is 843. The Hall–Kier alpha value is -3.15. The molecule has 0 saturated heterocycles. The fraction of sp³-hybridized carbons (Fsp3) is 0.348. The molecule has 2 aromatic rings. The van der Waals surface area contributed by atoms with Crippen LogP contribution in [-0.2, 0) is 14.3 Å². The van der Waals surface area contributed by atoms with E-state index in [1.165, 1.54) is 0 Å². The third-order valence-corrected chi connectivity index (χ3v) is 4.01. The van der Waals surface area contributed by atoms with Gasteiger partial charge in [0.15, 0.2) is 12.4 Å². The molecule has 0 saturated carbocycles. The second-order valence-electron chi connectivity index (χ2n) is 7.22. The zero-order valence-electron chi connectivity index (χ0n) is 17.1. The van der Waals surface area contributed by atoms with Crippen molar-refractivity contribution in [2.75, 3.05) is 18.5 Å². The molecule has 2 aromatic carbocycles. The highest BCUT2D eigenvalue weighted by Crippen LogP contribution is 2.13. The SMILES string of the molecule is Cc1cccc(OCCC(=O)OCC(=O)c2ccc(NC(=O)CC(C)C)cc2)c1. The molecule has 2 rings (SSSR count). The van der Waals surface area contributed by atoms with E-state index in [2.05, 4.69) is 5.32 Å². The standard InChI is InChI=1S/C23H27NO5/c1-16(2)13-22(26)24-19-9-7-18(8-10-19)21(25)15-29-23(27)11-12-28-20-6-4-5-17(3)14-20/h4-10,14,16H,11-13,15H2,1-3H3,(H,24,26). The molecule has 1 amide bonds. The maximum absolute atomic E-state index is 12.2. The van der Waals surface area contributed by atoms with Gasteiger partial charge in [0, 0.05) is 17.7 Å². The molecule has 6 nitrogen and oxygen atoms in total. The molecule has 0 unspecified atom stereocenters. The van der Waals surface area contributed by atoms with Gasteiger partial charge in [-0.1, -0.05) is 26.0 Å². The predicted octanol–water partition coefficient (Wildman–Crippen LogP) is 4.17. The van der Waals surface area contributed by atoms with Crippen LogP contribution in [0.2, 0.25) is 0 Å². The minimum atomic E-state index is -0.497. The van der Waals surface area contributed by atoms with Crippen molar-refractivity contribution in [1.82, 2.24) is 0 Å². The third kappa shape index (κ3) is 8.17. The molecule has 1 N–H and O–H groups in total. The second-order valence-corrected chi connectivity index (χ2v) is 7.22. The first kappa shape index (κ1) is 22.1.